The highest BCUT2D eigenvalue weighted by Crippen LogP contribution is 2.39. The van der Waals surface area contributed by atoms with Gasteiger partial charge in [-0.2, -0.15) is 30.7 Å². The summed E-state index contributed by atoms with van der Waals surface area (Å²) in [6.45, 7) is 0. The zero-order chi connectivity index (χ0) is 26.2. The van der Waals surface area contributed by atoms with E-state index in [2.05, 4.69) is 20.7 Å². The van der Waals surface area contributed by atoms with Crippen LogP contribution in [0.1, 0.15) is 22.3 Å². The van der Waals surface area contributed by atoms with Gasteiger partial charge in [-0.3, -0.25) is 0 Å². The van der Waals surface area contributed by atoms with Gasteiger partial charge in [0.2, 0.25) is 0 Å². The molecule has 0 aliphatic heterocycles. The van der Waals surface area contributed by atoms with Crippen molar-refractivity contribution in [3.8, 4) is 5.75 Å². The van der Waals surface area contributed by atoms with Gasteiger partial charge in [0, 0.05) is 10.5 Å². The number of alkyl halides is 7. The fraction of sp³-hybridized carbons (Fsp3) is 0.217. The minimum Gasteiger partial charge on any atom is -0.428 e. The lowest BCUT2D eigenvalue weighted by molar-refractivity contribution is -0.253. The molecule has 0 aromatic heterocycles. The quantitative estimate of drug-likeness (QED) is 0.299. The minimum absolute atomic E-state index is 0.308. The number of benzene rings is 3. The number of hydrogen-bond donors (Lipinski definition) is 1. The van der Waals surface area contributed by atoms with E-state index in [-0.39, 0.29) is 17.5 Å². The van der Waals surface area contributed by atoms with Gasteiger partial charge in [0.25, 0.3) is 0 Å². The van der Waals surface area contributed by atoms with Gasteiger partial charge in [0.1, 0.15) is 17.4 Å². The smallest absolute Gasteiger partial charge is 0.428 e. The molecule has 0 spiro atoms. The molecule has 3 rings (SSSR count). The normalized spacial score (nSPS) is 14.2. The van der Waals surface area contributed by atoms with E-state index in [1.165, 1.54) is 0 Å². The van der Waals surface area contributed by atoms with Crippen LogP contribution < -0.4 is 10.5 Å². The molecule has 1 atom stereocenters. The van der Waals surface area contributed by atoms with Crippen LogP contribution >= 0.6 is 15.9 Å². The summed E-state index contributed by atoms with van der Waals surface area (Å²) in [6.07, 6.45) is -14.6. The first kappa shape index (κ1) is 26.9. The lowest BCUT2D eigenvalue weighted by Crippen LogP contribution is -2.41. The largest absolute Gasteiger partial charge is 0.461 e. The fourth-order valence-corrected chi connectivity index (χ4v) is 3.66. The third-order valence-electron chi connectivity index (χ3n) is 5.08. The van der Waals surface area contributed by atoms with Crippen molar-refractivity contribution in [3.05, 3.63) is 99.0 Å². The van der Waals surface area contributed by atoms with E-state index in [1.807, 2.05) is 0 Å². The molecule has 0 radical (unpaired) electrons. The maximum Gasteiger partial charge on any atom is 0.461 e. The molecule has 3 aromatic carbocycles. The summed E-state index contributed by atoms with van der Waals surface area (Å²) in [6, 6.07) is 9.99. The summed E-state index contributed by atoms with van der Waals surface area (Å²) in [5, 5.41) is 0. The monoisotopic (exact) mass is 571 g/mol. The summed E-state index contributed by atoms with van der Waals surface area (Å²) < 4.78 is 125. The zero-order valence-electron chi connectivity index (χ0n) is 17.3. The van der Waals surface area contributed by atoms with Crippen LogP contribution in [-0.2, 0) is 18.1 Å². The minimum atomic E-state index is -5.10. The molecule has 0 aliphatic rings. The third kappa shape index (κ3) is 6.10. The van der Waals surface area contributed by atoms with E-state index in [4.69, 9.17) is 5.73 Å². The first-order chi connectivity index (χ1) is 16.1. The van der Waals surface area contributed by atoms with Crippen LogP contribution in [0.3, 0.4) is 0 Å². The SMILES string of the molecule is NC(Cc1ccc(Br)cc1)(c1cc(F)cc(OC(F)(F)C(F)F)c1)c1ccc(F)c(C(F)(F)F)c1. The second-order valence-electron chi connectivity index (χ2n) is 7.61. The highest BCUT2D eigenvalue weighted by molar-refractivity contribution is 9.10. The van der Waals surface area contributed by atoms with E-state index < -0.39 is 47.2 Å². The molecule has 0 fully saturated rings. The molecule has 3 aromatic rings. The maximum atomic E-state index is 14.4. The Morgan fingerprint density at radius 1 is 0.829 bits per heavy atom. The second-order valence-corrected chi connectivity index (χ2v) is 8.52. The molecule has 0 amide bonds. The Morgan fingerprint density at radius 2 is 1.46 bits per heavy atom. The molecule has 12 heteroatoms. The van der Waals surface area contributed by atoms with E-state index in [9.17, 15) is 39.5 Å². The molecule has 0 saturated heterocycles. The first-order valence-electron chi connectivity index (χ1n) is 9.68. The van der Waals surface area contributed by atoms with Crippen LogP contribution in [0.25, 0.3) is 0 Å². The molecular weight excluding hydrogens is 557 g/mol. The van der Waals surface area contributed by atoms with E-state index in [1.54, 1.807) is 24.3 Å². The Kier molecular flexibility index (Phi) is 7.47. The highest BCUT2D eigenvalue weighted by atomic mass is 79.9. The Labute approximate surface area is 201 Å². The maximum absolute atomic E-state index is 14.4. The van der Waals surface area contributed by atoms with Gasteiger partial charge in [-0.15, -0.1) is 0 Å². The number of hydrogen-bond acceptors (Lipinski definition) is 2. The van der Waals surface area contributed by atoms with Crippen molar-refractivity contribution in [3.63, 3.8) is 0 Å². The average molecular weight is 572 g/mol. The third-order valence-corrected chi connectivity index (χ3v) is 5.61. The first-order valence-corrected chi connectivity index (χ1v) is 10.5. The molecule has 35 heavy (non-hydrogen) atoms. The Hall–Kier alpha value is -2.73. The number of rotatable bonds is 7. The van der Waals surface area contributed by atoms with Crippen LogP contribution in [0.4, 0.5) is 39.5 Å². The predicted molar refractivity (Wildman–Crippen MR) is 112 cm³/mol. The van der Waals surface area contributed by atoms with Gasteiger partial charge in [-0.25, -0.2) is 8.78 Å². The summed E-state index contributed by atoms with van der Waals surface area (Å²) in [5.74, 6) is -3.85. The number of nitrogens with two attached hydrogens (primary N) is 1. The molecular formula is C23H15BrF9NO. The van der Waals surface area contributed by atoms with Crippen molar-refractivity contribution in [1.82, 2.24) is 0 Å². The summed E-state index contributed by atoms with van der Waals surface area (Å²) in [4.78, 5) is 0. The topological polar surface area (TPSA) is 35.2 Å². The van der Waals surface area contributed by atoms with E-state index >= 15 is 0 Å². The molecule has 0 heterocycles. The molecule has 0 aliphatic carbocycles. The second kappa shape index (κ2) is 9.73. The number of halogens is 10. The van der Waals surface area contributed by atoms with E-state index in [0.29, 0.717) is 28.2 Å². The summed E-state index contributed by atoms with van der Waals surface area (Å²) in [7, 11) is 0. The van der Waals surface area contributed by atoms with Crippen molar-refractivity contribution in [2.24, 2.45) is 5.73 Å². The van der Waals surface area contributed by atoms with Gasteiger partial charge < -0.3 is 10.5 Å². The summed E-state index contributed by atoms with van der Waals surface area (Å²) >= 11 is 3.22. The molecule has 2 nitrogen and oxygen atoms in total. The van der Waals surface area contributed by atoms with Gasteiger partial charge in [-0.05, 0) is 59.5 Å². The Morgan fingerprint density at radius 3 is 2.03 bits per heavy atom. The predicted octanol–water partition coefficient (Wildman–Crippen LogP) is 7.43. The number of ether oxygens (including phenoxy) is 1. The van der Waals surface area contributed by atoms with Crippen molar-refractivity contribution < 1.29 is 44.3 Å². The summed E-state index contributed by atoms with van der Waals surface area (Å²) in [5.41, 5.74) is 2.48. The Bertz CT molecular complexity index is 1200. The van der Waals surface area contributed by atoms with Crippen LogP contribution in [0.2, 0.25) is 0 Å². The van der Waals surface area contributed by atoms with Gasteiger partial charge in [-0.1, -0.05) is 34.1 Å². The van der Waals surface area contributed by atoms with Crippen molar-refractivity contribution in [1.29, 1.82) is 0 Å². The standard InChI is InChI=1S/C23H15BrF9NO/c24-15-4-1-12(2-5-15)11-21(34,13-3-6-19(26)18(9-13)22(29,30)31)14-7-16(25)10-17(8-14)35-23(32,33)20(27)28/h1-10,20H,11,34H2. The van der Waals surface area contributed by atoms with Crippen molar-refractivity contribution in [2.75, 3.05) is 0 Å². The van der Waals surface area contributed by atoms with Crippen LogP contribution in [-0.4, -0.2) is 12.5 Å². The molecule has 1 unspecified atom stereocenters. The zero-order valence-corrected chi connectivity index (χ0v) is 18.9. The lowest BCUT2D eigenvalue weighted by Gasteiger charge is -2.32. The van der Waals surface area contributed by atoms with Crippen LogP contribution in [0.15, 0.2) is 65.1 Å². The van der Waals surface area contributed by atoms with Crippen LogP contribution in [0.5, 0.6) is 5.75 Å². The highest BCUT2D eigenvalue weighted by Gasteiger charge is 2.44. The van der Waals surface area contributed by atoms with Gasteiger partial charge in [0.05, 0.1) is 11.1 Å². The van der Waals surface area contributed by atoms with E-state index in [0.717, 1.165) is 18.2 Å². The molecule has 0 bridgehead atoms. The molecule has 188 valence electrons. The Balaban J connectivity index is 2.21. The molecule has 0 saturated carbocycles. The van der Waals surface area contributed by atoms with Crippen molar-refractivity contribution in [2.45, 2.75) is 30.7 Å². The molecule has 2 N–H and O–H groups in total. The average Bonchev–Trinajstić information content (AvgIpc) is 2.74. The van der Waals surface area contributed by atoms with Crippen LogP contribution in [0, 0.1) is 11.6 Å². The van der Waals surface area contributed by atoms with Gasteiger partial charge >= 0.3 is 18.7 Å². The van der Waals surface area contributed by atoms with Crippen molar-refractivity contribution >= 4 is 15.9 Å². The lowest BCUT2D eigenvalue weighted by atomic mass is 9.78. The van der Waals surface area contributed by atoms with Gasteiger partial charge in [0.15, 0.2) is 0 Å². The fourth-order valence-electron chi connectivity index (χ4n) is 3.40.